The van der Waals surface area contributed by atoms with Crippen LogP contribution in [0, 0.1) is 5.92 Å². The second kappa shape index (κ2) is 5.55. The molecule has 1 saturated heterocycles. The lowest BCUT2D eigenvalue weighted by Crippen LogP contribution is -2.46. The third kappa shape index (κ3) is 2.74. The van der Waals surface area contributed by atoms with Gasteiger partial charge in [-0.25, -0.2) is 0 Å². The number of benzene rings is 1. The number of hydrogen-bond donors (Lipinski definition) is 1. The van der Waals surface area contributed by atoms with Crippen LogP contribution in [0.3, 0.4) is 0 Å². The summed E-state index contributed by atoms with van der Waals surface area (Å²) in [7, 11) is 0. The van der Waals surface area contributed by atoms with E-state index in [9.17, 15) is 4.79 Å². The quantitative estimate of drug-likeness (QED) is 0.930. The van der Waals surface area contributed by atoms with Crippen molar-refractivity contribution in [3.05, 3.63) is 30.3 Å². The van der Waals surface area contributed by atoms with Crippen LogP contribution in [-0.2, 0) is 4.79 Å². The second-order valence-corrected chi connectivity index (χ2v) is 5.44. The summed E-state index contributed by atoms with van der Waals surface area (Å²) in [6, 6.07) is 9.89. The summed E-state index contributed by atoms with van der Waals surface area (Å²) in [6.07, 6.45) is 1.71. The van der Waals surface area contributed by atoms with Crippen LogP contribution in [0.1, 0.15) is 19.8 Å². The molecule has 2 N–H and O–H groups in total. The van der Waals surface area contributed by atoms with Crippen LogP contribution >= 0.6 is 0 Å². The third-order valence-electron chi connectivity index (χ3n) is 3.98. The molecule has 2 aromatic rings. The van der Waals surface area contributed by atoms with Crippen molar-refractivity contribution in [1.82, 2.24) is 10.1 Å². The van der Waals surface area contributed by atoms with Crippen LogP contribution < -0.4 is 10.6 Å². The summed E-state index contributed by atoms with van der Waals surface area (Å²) in [5, 5.41) is 4.05. The second-order valence-electron chi connectivity index (χ2n) is 5.44. The van der Waals surface area contributed by atoms with Crippen molar-refractivity contribution in [3.8, 4) is 11.5 Å². The van der Waals surface area contributed by atoms with Crippen LogP contribution in [0.25, 0.3) is 11.5 Å². The number of primary amides is 1. The van der Waals surface area contributed by atoms with Crippen molar-refractivity contribution in [2.75, 3.05) is 11.4 Å². The van der Waals surface area contributed by atoms with E-state index in [4.69, 9.17) is 10.3 Å². The predicted octanol–water partition coefficient (Wildman–Crippen LogP) is 1.83. The van der Waals surface area contributed by atoms with Gasteiger partial charge in [-0.1, -0.05) is 18.2 Å². The first-order valence-corrected chi connectivity index (χ1v) is 7.10. The molecule has 0 bridgehead atoms. The summed E-state index contributed by atoms with van der Waals surface area (Å²) in [4.78, 5) is 17.8. The fourth-order valence-electron chi connectivity index (χ4n) is 2.65. The summed E-state index contributed by atoms with van der Waals surface area (Å²) in [6.45, 7) is 2.64. The van der Waals surface area contributed by atoms with Crippen molar-refractivity contribution in [3.63, 3.8) is 0 Å². The van der Waals surface area contributed by atoms with Crippen molar-refractivity contribution >= 4 is 11.9 Å². The molecule has 1 amide bonds. The number of carbonyl (C=O) groups excluding carboxylic acids is 1. The number of carbonyl (C=O) groups is 1. The van der Waals surface area contributed by atoms with E-state index in [-0.39, 0.29) is 17.9 Å². The number of hydrogen-bond acceptors (Lipinski definition) is 5. The topological polar surface area (TPSA) is 85.3 Å². The lowest BCUT2D eigenvalue weighted by atomic mass is 9.93. The Morgan fingerprint density at radius 2 is 2.10 bits per heavy atom. The van der Waals surface area contributed by atoms with E-state index in [0.717, 1.165) is 18.4 Å². The Morgan fingerprint density at radius 3 is 2.81 bits per heavy atom. The van der Waals surface area contributed by atoms with Gasteiger partial charge in [-0.2, -0.15) is 4.98 Å². The highest BCUT2D eigenvalue weighted by atomic mass is 16.5. The van der Waals surface area contributed by atoms with Gasteiger partial charge in [-0.3, -0.25) is 4.79 Å². The van der Waals surface area contributed by atoms with E-state index < -0.39 is 0 Å². The van der Waals surface area contributed by atoms with Gasteiger partial charge < -0.3 is 15.2 Å². The molecule has 21 heavy (non-hydrogen) atoms. The summed E-state index contributed by atoms with van der Waals surface area (Å²) < 4.78 is 5.33. The molecule has 2 atom stereocenters. The molecule has 6 nitrogen and oxygen atoms in total. The number of nitrogens with zero attached hydrogens (tertiary/aromatic N) is 3. The number of nitrogens with two attached hydrogens (primary N) is 1. The van der Waals surface area contributed by atoms with Gasteiger partial charge in [0.05, 0.1) is 5.92 Å². The summed E-state index contributed by atoms with van der Waals surface area (Å²) >= 11 is 0. The minimum Gasteiger partial charge on any atom is -0.369 e. The molecule has 6 heteroatoms. The van der Waals surface area contributed by atoms with E-state index in [1.165, 1.54) is 0 Å². The molecular formula is C15H18N4O2. The van der Waals surface area contributed by atoms with Gasteiger partial charge in [-0.15, -0.1) is 0 Å². The Labute approximate surface area is 122 Å². The van der Waals surface area contributed by atoms with Crippen molar-refractivity contribution in [2.24, 2.45) is 11.7 Å². The summed E-state index contributed by atoms with van der Waals surface area (Å²) in [5.74, 6) is 0.588. The Balaban J connectivity index is 1.83. The lowest BCUT2D eigenvalue weighted by Gasteiger charge is -2.35. The number of piperidine rings is 1. The van der Waals surface area contributed by atoms with E-state index in [2.05, 4.69) is 17.1 Å². The molecular weight excluding hydrogens is 268 g/mol. The average molecular weight is 286 g/mol. The van der Waals surface area contributed by atoms with Crippen LogP contribution in [-0.4, -0.2) is 28.6 Å². The average Bonchev–Trinajstić information content (AvgIpc) is 2.98. The fraction of sp³-hybridized carbons (Fsp3) is 0.400. The molecule has 110 valence electrons. The Kier molecular flexibility index (Phi) is 3.60. The maximum Gasteiger partial charge on any atom is 0.266 e. The largest absolute Gasteiger partial charge is 0.369 e. The molecule has 1 aliphatic rings. The van der Waals surface area contributed by atoms with E-state index in [0.29, 0.717) is 18.4 Å². The molecule has 0 aliphatic carbocycles. The number of amides is 1. The molecule has 2 heterocycles. The van der Waals surface area contributed by atoms with Gasteiger partial charge in [0.2, 0.25) is 5.91 Å². The van der Waals surface area contributed by atoms with Gasteiger partial charge in [0.15, 0.2) is 0 Å². The van der Waals surface area contributed by atoms with Crippen LogP contribution in [0.4, 0.5) is 5.95 Å². The minimum atomic E-state index is -0.265. The first-order chi connectivity index (χ1) is 10.1. The van der Waals surface area contributed by atoms with E-state index >= 15 is 0 Å². The van der Waals surface area contributed by atoms with Gasteiger partial charge in [0.25, 0.3) is 11.8 Å². The van der Waals surface area contributed by atoms with Crippen LogP contribution in [0.15, 0.2) is 34.9 Å². The molecule has 0 unspecified atom stereocenters. The van der Waals surface area contributed by atoms with Gasteiger partial charge >= 0.3 is 0 Å². The summed E-state index contributed by atoms with van der Waals surface area (Å²) in [5.41, 5.74) is 6.30. The fourth-order valence-corrected chi connectivity index (χ4v) is 2.65. The highest BCUT2D eigenvalue weighted by molar-refractivity contribution is 5.77. The van der Waals surface area contributed by atoms with Crippen molar-refractivity contribution < 1.29 is 9.32 Å². The van der Waals surface area contributed by atoms with Gasteiger partial charge in [0.1, 0.15) is 0 Å². The molecule has 0 radical (unpaired) electrons. The monoisotopic (exact) mass is 286 g/mol. The van der Waals surface area contributed by atoms with E-state index in [1.807, 2.05) is 35.2 Å². The van der Waals surface area contributed by atoms with Crippen LogP contribution in [0.2, 0.25) is 0 Å². The molecule has 1 aromatic carbocycles. The molecule has 1 fully saturated rings. The SMILES string of the molecule is C[C@H]1CC[C@H](C(N)=O)CN1c1noc(-c2ccccc2)n1. The molecule has 1 aromatic heterocycles. The zero-order valence-corrected chi connectivity index (χ0v) is 11.9. The van der Waals surface area contributed by atoms with Gasteiger partial charge in [0, 0.05) is 18.2 Å². The zero-order chi connectivity index (χ0) is 14.8. The number of anilines is 1. The first kappa shape index (κ1) is 13.6. The normalized spacial score (nSPS) is 22.2. The Hall–Kier alpha value is -2.37. The lowest BCUT2D eigenvalue weighted by molar-refractivity contribution is -0.122. The number of aromatic nitrogens is 2. The molecule has 0 saturated carbocycles. The first-order valence-electron chi connectivity index (χ1n) is 7.10. The smallest absolute Gasteiger partial charge is 0.266 e. The van der Waals surface area contributed by atoms with Crippen LogP contribution in [0.5, 0.6) is 0 Å². The Bertz CT molecular complexity index is 626. The standard InChI is InChI=1S/C15H18N4O2/c1-10-7-8-12(13(16)20)9-19(10)15-17-14(21-18-15)11-5-3-2-4-6-11/h2-6,10,12H,7-9H2,1H3,(H2,16,20)/t10-,12-/m0/s1. The Morgan fingerprint density at radius 1 is 1.33 bits per heavy atom. The molecule has 1 aliphatic heterocycles. The molecule has 3 rings (SSSR count). The number of rotatable bonds is 3. The highest BCUT2D eigenvalue weighted by Crippen LogP contribution is 2.27. The maximum absolute atomic E-state index is 11.4. The predicted molar refractivity (Wildman–Crippen MR) is 78.5 cm³/mol. The van der Waals surface area contributed by atoms with E-state index in [1.54, 1.807) is 0 Å². The highest BCUT2D eigenvalue weighted by Gasteiger charge is 2.31. The maximum atomic E-state index is 11.4. The molecule has 0 spiro atoms. The zero-order valence-electron chi connectivity index (χ0n) is 11.9. The third-order valence-corrected chi connectivity index (χ3v) is 3.98. The van der Waals surface area contributed by atoms with Crippen molar-refractivity contribution in [1.29, 1.82) is 0 Å². The van der Waals surface area contributed by atoms with Gasteiger partial charge in [-0.05, 0) is 37.1 Å². The minimum absolute atomic E-state index is 0.153. The van der Waals surface area contributed by atoms with Crippen molar-refractivity contribution in [2.45, 2.75) is 25.8 Å².